The number of halogens is 2. The number of rotatable bonds is 3. The number of amides is 1. The second-order valence-electron chi connectivity index (χ2n) is 4.42. The smallest absolute Gasteiger partial charge is 0.263 e. The fraction of sp³-hybridized carbons (Fsp3) is 0.462. The molecule has 0 aliphatic carbocycles. The lowest BCUT2D eigenvalue weighted by Gasteiger charge is -2.29. The van der Waals surface area contributed by atoms with Crippen LogP contribution < -0.4 is 10.6 Å². The van der Waals surface area contributed by atoms with Gasteiger partial charge in [-0.15, -0.1) is 0 Å². The lowest BCUT2D eigenvalue weighted by Crippen LogP contribution is -2.53. The summed E-state index contributed by atoms with van der Waals surface area (Å²) in [5.74, 6) is -0.279. The van der Waals surface area contributed by atoms with Gasteiger partial charge in [0.1, 0.15) is 6.04 Å². The number of morpholine rings is 1. The van der Waals surface area contributed by atoms with Gasteiger partial charge in [-0.05, 0) is 19.1 Å². The van der Waals surface area contributed by atoms with Crippen LogP contribution in [0.5, 0.6) is 0 Å². The second kappa shape index (κ2) is 6.08. The molecule has 2 N–H and O–H groups in total. The van der Waals surface area contributed by atoms with Crippen LogP contribution in [0.25, 0.3) is 0 Å². The number of hydrogen-bond donors (Lipinski definition) is 2. The first-order valence-electron chi connectivity index (χ1n) is 6.12. The average Bonchev–Trinajstić information content (AvgIpc) is 2.39. The number of carbonyl (C=O) groups excluding carboxylic acids is 1. The normalized spacial score (nSPS) is 23.4. The van der Waals surface area contributed by atoms with Gasteiger partial charge < -0.3 is 15.4 Å². The Labute approximate surface area is 110 Å². The van der Waals surface area contributed by atoms with Crippen LogP contribution in [0.2, 0.25) is 0 Å². The number of ether oxygens (including phenoxy) is 1. The van der Waals surface area contributed by atoms with Crippen LogP contribution in [0.15, 0.2) is 24.3 Å². The van der Waals surface area contributed by atoms with E-state index >= 15 is 0 Å². The molecular weight excluding hydrogens is 254 g/mol. The van der Waals surface area contributed by atoms with Gasteiger partial charge in [0.05, 0.1) is 12.7 Å². The standard InChI is InChI=1S/C13H16F2N2O2/c1-8-11(16-5-6-19-8)13(18)17-10-4-2-3-9(7-10)12(14)15/h2-4,7-8,11-12,16H,5-6H2,1H3,(H,17,18)/t8-,11+/m1/s1. The molecule has 1 amide bonds. The molecule has 0 aromatic heterocycles. The van der Waals surface area contributed by atoms with Crippen molar-refractivity contribution in [2.24, 2.45) is 0 Å². The van der Waals surface area contributed by atoms with Crippen molar-refractivity contribution in [1.82, 2.24) is 5.32 Å². The topological polar surface area (TPSA) is 50.4 Å². The summed E-state index contributed by atoms with van der Waals surface area (Å²) >= 11 is 0. The minimum absolute atomic E-state index is 0.112. The maximum Gasteiger partial charge on any atom is 0.263 e. The maximum atomic E-state index is 12.6. The number of nitrogens with one attached hydrogen (secondary N) is 2. The molecule has 104 valence electrons. The first kappa shape index (κ1) is 13.9. The van der Waals surface area contributed by atoms with Crippen LogP contribution in [0, 0.1) is 0 Å². The maximum absolute atomic E-state index is 12.6. The summed E-state index contributed by atoms with van der Waals surface area (Å²) in [4.78, 5) is 12.0. The molecule has 0 spiro atoms. The third-order valence-electron chi connectivity index (χ3n) is 3.01. The fourth-order valence-electron chi connectivity index (χ4n) is 2.00. The van der Waals surface area contributed by atoms with E-state index in [1.165, 1.54) is 18.2 Å². The molecule has 1 saturated heterocycles. The van der Waals surface area contributed by atoms with E-state index in [0.717, 1.165) is 0 Å². The largest absolute Gasteiger partial charge is 0.375 e. The van der Waals surface area contributed by atoms with Crippen molar-refractivity contribution in [2.75, 3.05) is 18.5 Å². The zero-order valence-electron chi connectivity index (χ0n) is 10.5. The molecule has 6 heteroatoms. The van der Waals surface area contributed by atoms with Crippen molar-refractivity contribution >= 4 is 11.6 Å². The third kappa shape index (κ3) is 3.48. The van der Waals surface area contributed by atoms with E-state index in [1.54, 1.807) is 13.0 Å². The Morgan fingerprint density at radius 1 is 1.53 bits per heavy atom. The quantitative estimate of drug-likeness (QED) is 0.882. The van der Waals surface area contributed by atoms with Crippen molar-refractivity contribution in [3.05, 3.63) is 29.8 Å². The van der Waals surface area contributed by atoms with Gasteiger partial charge in [0, 0.05) is 17.8 Å². The van der Waals surface area contributed by atoms with Crippen molar-refractivity contribution in [2.45, 2.75) is 25.5 Å². The number of alkyl halides is 2. The van der Waals surface area contributed by atoms with Gasteiger partial charge in [-0.1, -0.05) is 12.1 Å². The fourth-order valence-corrected chi connectivity index (χ4v) is 2.00. The highest BCUT2D eigenvalue weighted by Gasteiger charge is 2.28. The van der Waals surface area contributed by atoms with E-state index in [9.17, 15) is 13.6 Å². The zero-order valence-corrected chi connectivity index (χ0v) is 10.5. The highest BCUT2D eigenvalue weighted by Crippen LogP contribution is 2.22. The molecule has 1 aromatic carbocycles. The summed E-state index contributed by atoms with van der Waals surface area (Å²) in [6.07, 6.45) is -2.79. The molecule has 0 unspecified atom stereocenters. The summed E-state index contributed by atoms with van der Waals surface area (Å²) < 4.78 is 30.5. The summed E-state index contributed by atoms with van der Waals surface area (Å²) in [7, 11) is 0. The number of benzene rings is 1. The van der Waals surface area contributed by atoms with Gasteiger partial charge in [-0.25, -0.2) is 8.78 Å². The number of hydrogen-bond acceptors (Lipinski definition) is 3. The van der Waals surface area contributed by atoms with Crippen LogP contribution in [0.1, 0.15) is 18.9 Å². The number of carbonyl (C=O) groups is 1. The summed E-state index contributed by atoms with van der Waals surface area (Å²) in [5, 5.41) is 5.66. The van der Waals surface area contributed by atoms with Crippen LogP contribution in [0.3, 0.4) is 0 Å². The highest BCUT2D eigenvalue weighted by molar-refractivity contribution is 5.95. The van der Waals surface area contributed by atoms with E-state index in [2.05, 4.69) is 10.6 Å². The molecule has 2 rings (SSSR count). The minimum atomic E-state index is -2.55. The molecule has 1 aliphatic rings. The van der Waals surface area contributed by atoms with Crippen LogP contribution in [0.4, 0.5) is 14.5 Å². The molecule has 0 saturated carbocycles. The Morgan fingerprint density at radius 2 is 2.32 bits per heavy atom. The van der Waals surface area contributed by atoms with Crippen molar-refractivity contribution in [3.63, 3.8) is 0 Å². The molecule has 0 bridgehead atoms. The Morgan fingerprint density at radius 3 is 3.00 bits per heavy atom. The molecule has 0 radical (unpaired) electrons. The molecule has 1 aliphatic heterocycles. The molecule has 1 fully saturated rings. The van der Waals surface area contributed by atoms with Gasteiger partial charge in [0.15, 0.2) is 0 Å². The Hall–Kier alpha value is -1.53. The Balaban J connectivity index is 2.03. The van der Waals surface area contributed by atoms with Crippen molar-refractivity contribution in [3.8, 4) is 0 Å². The van der Waals surface area contributed by atoms with Gasteiger partial charge >= 0.3 is 0 Å². The van der Waals surface area contributed by atoms with E-state index in [1.807, 2.05) is 0 Å². The van der Waals surface area contributed by atoms with Gasteiger partial charge in [0.25, 0.3) is 6.43 Å². The van der Waals surface area contributed by atoms with Gasteiger partial charge in [-0.2, -0.15) is 0 Å². The molecule has 4 nitrogen and oxygen atoms in total. The number of anilines is 1. The van der Waals surface area contributed by atoms with Gasteiger partial charge in [-0.3, -0.25) is 4.79 Å². The predicted octanol–water partition coefficient (Wildman–Crippen LogP) is 1.94. The molecule has 1 aromatic rings. The van der Waals surface area contributed by atoms with Crippen molar-refractivity contribution < 1.29 is 18.3 Å². The first-order valence-corrected chi connectivity index (χ1v) is 6.12. The highest BCUT2D eigenvalue weighted by atomic mass is 19.3. The average molecular weight is 270 g/mol. The van der Waals surface area contributed by atoms with Crippen LogP contribution in [-0.4, -0.2) is 31.2 Å². The zero-order chi connectivity index (χ0) is 13.8. The molecule has 1 heterocycles. The second-order valence-corrected chi connectivity index (χ2v) is 4.42. The summed E-state index contributed by atoms with van der Waals surface area (Å²) in [6, 6.07) is 5.20. The van der Waals surface area contributed by atoms with E-state index in [0.29, 0.717) is 18.8 Å². The Bertz CT molecular complexity index is 454. The van der Waals surface area contributed by atoms with Crippen LogP contribution >= 0.6 is 0 Å². The lowest BCUT2D eigenvalue weighted by atomic mass is 10.1. The third-order valence-corrected chi connectivity index (χ3v) is 3.01. The van der Waals surface area contributed by atoms with Crippen LogP contribution in [-0.2, 0) is 9.53 Å². The van der Waals surface area contributed by atoms with E-state index < -0.39 is 12.5 Å². The SMILES string of the molecule is C[C@H]1OCCN[C@@H]1C(=O)Nc1cccc(C(F)F)c1. The summed E-state index contributed by atoms with van der Waals surface area (Å²) in [5.41, 5.74) is 0.251. The van der Waals surface area contributed by atoms with Crippen molar-refractivity contribution in [1.29, 1.82) is 0 Å². The van der Waals surface area contributed by atoms with Gasteiger partial charge in [0.2, 0.25) is 5.91 Å². The summed E-state index contributed by atoms with van der Waals surface area (Å²) in [6.45, 7) is 2.96. The molecular formula is C13H16F2N2O2. The molecule has 19 heavy (non-hydrogen) atoms. The lowest BCUT2D eigenvalue weighted by molar-refractivity contribution is -0.123. The molecule has 2 atom stereocenters. The minimum Gasteiger partial charge on any atom is -0.375 e. The van der Waals surface area contributed by atoms with E-state index in [4.69, 9.17) is 4.74 Å². The first-order chi connectivity index (χ1) is 9.08. The van der Waals surface area contributed by atoms with E-state index in [-0.39, 0.29) is 17.6 Å². The predicted molar refractivity (Wildman–Crippen MR) is 67.2 cm³/mol. The Kier molecular flexibility index (Phi) is 4.44. The monoisotopic (exact) mass is 270 g/mol.